The number of hydrogen-bond donors (Lipinski definition) is 1. The fourth-order valence-corrected chi connectivity index (χ4v) is 1.77. The van der Waals surface area contributed by atoms with Gasteiger partial charge in [-0.25, -0.2) is 4.39 Å². The summed E-state index contributed by atoms with van der Waals surface area (Å²) in [5.41, 5.74) is -0.706. The lowest BCUT2D eigenvalue weighted by molar-refractivity contribution is -0.150. The number of esters is 1. The van der Waals surface area contributed by atoms with Gasteiger partial charge in [0.05, 0.1) is 13.2 Å². The lowest BCUT2D eigenvalue weighted by atomic mass is 9.96. The Bertz CT molecular complexity index is 422. The zero-order valence-corrected chi connectivity index (χ0v) is 12.2. The highest BCUT2D eigenvalue weighted by Crippen LogP contribution is 2.16. The fraction of sp³-hybridized carbons (Fsp3) is 0.533. The molecule has 4 nitrogen and oxygen atoms in total. The van der Waals surface area contributed by atoms with Crippen LogP contribution in [0.4, 0.5) is 4.39 Å². The SMILES string of the molecule is CCOC(=O)C(C)(CCCOc1ccc(F)cc1)NC. The van der Waals surface area contributed by atoms with Gasteiger partial charge in [-0.3, -0.25) is 4.79 Å². The van der Waals surface area contributed by atoms with E-state index in [9.17, 15) is 9.18 Å². The van der Waals surface area contributed by atoms with E-state index in [2.05, 4.69) is 5.32 Å². The predicted molar refractivity (Wildman–Crippen MR) is 75.2 cm³/mol. The average Bonchev–Trinajstić information content (AvgIpc) is 2.45. The van der Waals surface area contributed by atoms with Crippen molar-refractivity contribution in [2.45, 2.75) is 32.2 Å². The number of rotatable bonds is 8. The quantitative estimate of drug-likeness (QED) is 0.588. The Morgan fingerprint density at radius 1 is 1.35 bits per heavy atom. The number of carbonyl (C=O) groups excluding carboxylic acids is 1. The average molecular weight is 283 g/mol. The summed E-state index contributed by atoms with van der Waals surface area (Å²) in [6, 6.07) is 5.87. The summed E-state index contributed by atoms with van der Waals surface area (Å²) in [6.45, 7) is 4.42. The number of ether oxygens (including phenoxy) is 2. The minimum absolute atomic E-state index is 0.260. The van der Waals surface area contributed by atoms with Gasteiger partial charge in [-0.2, -0.15) is 0 Å². The molecule has 0 fully saturated rings. The van der Waals surface area contributed by atoms with Gasteiger partial charge in [0.1, 0.15) is 17.1 Å². The Hall–Kier alpha value is -1.62. The summed E-state index contributed by atoms with van der Waals surface area (Å²) >= 11 is 0. The van der Waals surface area contributed by atoms with E-state index in [4.69, 9.17) is 9.47 Å². The smallest absolute Gasteiger partial charge is 0.326 e. The number of nitrogens with one attached hydrogen (secondary N) is 1. The molecule has 0 saturated carbocycles. The van der Waals surface area contributed by atoms with Crippen LogP contribution in [-0.4, -0.2) is 31.8 Å². The molecule has 0 heterocycles. The summed E-state index contributed by atoms with van der Waals surface area (Å²) in [4.78, 5) is 11.8. The highest BCUT2D eigenvalue weighted by molar-refractivity contribution is 5.80. The molecule has 1 N–H and O–H groups in total. The Balaban J connectivity index is 2.38. The minimum atomic E-state index is -0.706. The van der Waals surface area contributed by atoms with Crippen molar-refractivity contribution in [3.05, 3.63) is 30.1 Å². The molecule has 1 atom stereocenters. The zero-order valence-electron chi connectivity index (χ0n) is 12.2. The van der Waals surface area contributed by atoms with E-state index in [0.29, 0.717) is 31.8 Å². The van der Waals surface area contributed by atoms with Gasteiger partial charge >= 0.3 is 5.97 Å². The fourth-order valence-electron chi connectivity index (χ4n) is 1.77. The molecule has 0 aromatic heterocycles. The van der Waals surface area contributed by atoms with Crippen molar-refractivity contribution in [3.63, 3.8) is 0 Å². The molecule has 0 bridgehead atoms. The van der Waals surface area contributed by atoms with Crippen molar-refractivity contribution >= 4 is 5.97 Å². The molecule has 1 aromatic rings. The zero-order chi connectivity index (χ0) is 15.0. The largest absolute Gasteiger partial charge is 0.494 e. The second kappa shape index (κ2) is 7.85. The van der Waals surface area contributed by atoms with Gasteiger partial charge in [-0.1, -0.05) is 0 Å². The van der Waals surface area contributed by atoms with Crippen molar-refractivity contribution in [2.24, 2.45) is 0 Å². The van der Waals surface area contributed by atoms with Crippen LogP contribution in [0.1, 0.15) is 26.7 Å². The first-order valence-corrected chi connectivity index (χ1v) is 6.76. The van der Waals surface area contributed by atoms with Crippen LogP contribution in [0.3, 0.4) is 0 Å². The molecule has 0 saturated heterocycles. The van der Waals surface area contributed by atoms with Crippen LogP contribution in [-0.2, 0) is 9.53 Å². The topological polar surface area (TPSA) is 47.6 Å². The first-order chi connectivity index (χ1) is 9.51. The molecule has 20 heavy (non-hydrogen) atoms. The van der Waals surface area contributed by atoms with Gasteiger partial charge in [0.2, 0.25) is 0 Å². The van der Waals surface area contributed by atoms with Gasteiger partial charge in [0.25, 0.3) is 0 Å². The number of likely N-dealkylation sites (N-methyl/N-ethyl adjacent to an activating group) is 1. The molecule has 0 aliphatic carbocycles. The van der Waals surface area contributed by atoms with Gasteiger partial charge in [0, 0.05) is 0 Å². The molecular formula is C15H22FNO3. The van der Waals surface area contributed by atoms with E-state index in [0.717, 1.165) is 0 Å². The third-order valence-corrected chi connectivity index (χ3v) is 3.18. The standard InChI is InChI=1S/C15H22FNO3/c1-4-19-14(18)15(2,17-3)10-5-11-20-13-8-6-12(16)7-9-13/h6-9,17H,4-5,10-11H2,1-3H3. The maximum atomic E-state index is 12.7. The van der Waals surface area contributed by atoms with Crippen LogP contribution in [0.2, 0.25) is 0 Å². The highest BCUT2D eigenvalue weighted by Gasteiger charge is 2.32. The second-order valence-electron chi connectivity index (χ2n) is 4.71. The number of hydrogen-bond acceptors (Lipinski definition) is 4. The Morgan fingerprint density at radius 3 is 2.55 bits per heavy atom. The molecule has 0 amide bonds. The van der Waals surface area contributed by atoms with Crippen molar-refractivity contribution in [1.29, 1.82) is 0 Å². The Kier molecular flexibility index (Phi) is 6.45. The molecule has 0 aliphatic heterocycles. The minimum Gasteiger partial charge on any atom is -0.494 e. The summed E-state index contributed by atoms with van der Waals surface area (Å²) in [6.07, 6.45) is 1.29. The highest BCUT2D eigenvalue weighted by atomic mass is 19.1. The Labute approximate surface area is 119 Å². The summed E-state index contributed by atoms with van der Waals surface area (Å²) in [5, 5.41) is 2.99. The lowest BCUT2D eigenvalue weighted by Gasteiger charge is -2.26. The maximum absolute atomic E-state index is 12.7. The van der Waals surface area contributed by atoms with Crippen LogP contribution in [0.15, 0.2) is 24.3 Å². The summed E-state index contributed by atoms with van der Waals surface area (Å²) < 4.78 is 23.3. The van der Waals surface area contributed by atoms with E-state index in [-0.39, 0.29) is 11.8 Å². The first kappa shape index (κ1) is 16.4. The van der Waals surface area contributed by atoms with Crippen molar-refractivity contribution < 1.29 is 18.7 Å². The maximum Gasteiger partial charge on any atom is 0.326 e. The molecule has 0 spiro atoms. The van der Waals surface area contributed by atoms with E-state index in [1.54, 1.807) is 26.1 Å². The molecular weight excluding hydrogens is 261 g/mol. The number of halogens is 1. The Morgan fingerprint density at radius 2 is 2.00 bits per heavy atom. The van der Waals surface area contributed by atoms with Gasteiger partial charge in [-0.05, 0) is 58.0 Å². The van der Waals surface area contributed by atoms with E-state index in [1.165, 1.54) is 12.1 Å². The monoisotopic (exact) mass is 283 g/mol. The van der Waals surface area contributed by atoms with Crippen LogP contribution in [0.5, 0.6) is 5.75 Å². The number of benzene rings is 1. The van der Waals surface area contributed by atoms with Gasteiger partial charge in [-0.15, -0.1) is 0 Å². The van der Waals surface area contributed by atoms with Crippen LogP contribution in [0.25, 0.3) is 0 Å². The molecule has 0 radical (unpaired) electrons. The van der Waals surface area contributed by atoms with E-state index >= 15 is 0 Å². The molecule has 5 heteroatoms. The van der Waals surface area contributed by atoms with Crippen molar-refractivity contribution in [3.8, 4) is 5.75 Å². The lowest BCUT2D eigenvalue weighted by Crippen LogP contribution is -2.48. The van der Waals surface area contributed by atoms with Gasteiger partial charge in [0.15, 0.2) is 0 Å². The number of carbonyl (C=O) groups is 1. The van der Waals surface area contributed by atoms with Crippen LogP contribution >= 0.6 is 0 Å². The van der Waals surface area contributed by atoms with Gasteiger partial charge < -0.3 is 14.8 Å². The molecule has 1 unspecified atom stereocenters. The van der Waals surface area contributed by atoms with Crippen LogP contribution < -0.4 is 10.1 Å². The first-order valence-electron chi connectivity index (χ1n) is 6.76. The third kappa shape index (κ3) is 4.81. The van der Waals surface area contributed by atoms with Crippen molar-refractivity contribution in [2.75, 3.05) is 20.3 Å². The predicted octanol–water partition coefficient (Wildman–Crippen LogP) is 2.53. The third-order valence-electron chi connectivity index (χ3n) is 3.18. The van der Waals surface area contributed by atoms with Crippen LogP contribution in [0, 0.1) is 5.82 Å². The molecule has 0 aliphatic rings. The summed E-state index contributed by atoms with van der Waals surface area (Å²) in [7, 11) is 1.73. The second-order valence-corrected chi connectivity index (χ2v) is 4.71. The molecule has 1 rings (SSSR count). The van der Waals surface area contributed by atoms with E-state index in [1.807, 2.05) is 6.92 Å². The van der Waals surface area contributed by atoms with Crippen molar-refractivity contribution in [1.82, 2.24) is 5.32 Å². The normalized spacial score (nSPS) is 13.6. The summed E-state index contributed by atoms with van der Waals surface area (Å²) in [5.74, 6) is 0.0698. The molecule has 112 valence electrons. The van der Waals surface area contributed by atoms with E-state index < -0.39 is 5.54 Å². The molecule has 1 aromatic carbocycles.